The van der Waals surface area contributed by atoms with Crippen molar-refractivity contribution in [1.29, 1.82) is 0 Å². The Hall–Kier alpha value is -2.22. The third-order valence-corrected chi connectivity index (χ3v) is 10.0. The van der Waals surface area contributed by atoms with Gasteiger partial charge in [0.05, 0.1) is 11.4 Å². The molecule has 0 aromatic heterocycles. The summed E-state index contributed by atoms with van der Waals surface area (Å²) in [6.45, 7) is 21.1. The van der Waals surface area contributed by atoms with Crippen molar-refractivity contribution in [2.45, 2.75) is 77.8 Å². The van der Waals surface area contributed by atoms with Crippen molar-refractivity contribution in [2.24, 2.45) is 11.3 Å². The second-order valence-corrected chi connectivity index (χ2v) is 11.7. The molecule has 2 nitrogen and oxygen atoms in total. The van der Waals surface area contributed by atoms with Crippen molar-refractivity contribution in [3.63, 3.8) is 0 Å². The van der Waals surface area contributed by atoms with E-state index in [0.29, 0.717) is 18.0 Å². The van der Waals surface area contributed by atoms with Crippen molar-refractivity contribution >= 4 is 17.1 Å². The molecule has 2 heterocycles. The molecule has 0 fully saturated rings. The van der Waals surface area contributed by atoms with Crippen molar-refractivity contribution in [2.75, 3.05) is 16.8 Å². The highest BCUT2D eigenvalue weighted by atomic mass is 15.4. The van der Waals surface area contributed by atoms with E-state index < -0.39 is 0 Å². The number of fused-ring (bicyclic) bond motifs is 6. The Labute approximate surface area is 189 Å². The first-order chi connectivity index (χ1) is 14.5. The average molecular weight is 415 g/mol. The van der Waals surface area contributed by atoms with Gasteiger partial charge >= 0.3 is 0 Å². The van der Waals surface area contributed by atoms with Crippen LogP contribution in [-0.4, -0.2) is 13.2 Å². The van der Waals surface area contributed by atoms with Gasteiger partial charge in [-0.1, -0.05) is 72.7 Å². The van der Waals surface area contributed by atoms with Gasteiger partial charge in [-0.05, 0) is 63.5 Å². The van der Waals surface area contributed by atoms with E-state index in [0.717, 1.165) is 6.42 Å². The number of anilines is 3. The Kier molecular flexibility index (Phi) is 4.12. The summed E-state index contributed by atoms with van der Waals surface area (Å²) >= 11 is 0. The minimum atomic E-state index is 0.112. The minimum absolute atomic E-state index is 0.112. The maximum Gasteiger partial charge on any atom is 0.110 e. The summed E-state index contributed by atoms with van der Waals surface area (Å²) in [4.78, 5) is 5.18. The van der Waals surface area contributed by atoms with E-state index in [1.54, 1.807) is 0 Å². The Morgan fingerprint density at radius 2 is 1.48 bits per heavy atom. The van der Waals surface area contributed by atoms with Crippen LogP contribution < -0.4 is 9.80 Å². The van der Waals surface area contributed by atoms with Crippen molar-refractivity contribution in [3.05, 3.63) is 65.7 Å². The smallest absolute Gasteiger partial charge is 0.110 e. The van der Waals surface area contributed by atoms with Crippen LogP contribution in [0.2, 0.25) is 0 Å². The van der Waals surface area contributed by atoms with E-state index >= 15 is 0 Å². The first kappa shape index (κ1) is 20.7. The summed E-state index contributed by atoms with van der Waals surface area (Å²) < 4.78 is 0. The predicted octanol–water partition coefficient (Wildman–Crippen LogP) is 7.51. The molecule has 0 bridgehead atoms. The minimum Gasteiger partial charge on any atom is -0.352 e. The Morgan fingerprint density at radius 3 is 2.10 bits per heavy atom. The van der Waals surface area contributed by atoms with Crippen LogP contribution in [0.1, 0.15) is 77.5 Å². The standard InChI is InChI=1S/C29H38N2/c1-10-13-20-18(2)19-14-11-12-15-23(19)31-25-17-22-21(16-24(25)30(9)26(20)31)27(3,4)29(7,8)28(22,5)6/h10-12,14-18,20,26H,1,13H2,2-9H3. The fourth-order valence-corrected chi connectivity index (χ4v) is 6.85. The molecule has 0 saturated heterocycles. The highest BCUT2D eigenvalue weighted by Gasteiger charge is 2.58. The second-order valence-electron chi connectivity index (χ2n) is 11.7. The Balaban J connectivity index is 1.78. The summed E-state index contributed by atoms with van der Waals surface area (Å²) in [5, 5.41) is 0. The van der Waals surface area contributed by atoms with E-state index in [1.807, 2.05) is 0 Å². The molecular formula is C29H38N2. The SMILES string of the molecule is C=CCC1C(C)c2ccccc2N2c3cc4c(cc3N(C)C12)C(C)(C)C(C)(C)C4(C)C. The molecule has 5 rings (SSSR count). The van der Waals surface area contributed by atoms with Gasteiger partial charge in [-0.25, -0.2) is 0 Å². The molecule has 0 N–H and O–H groups in total. The van der Waals surface area contributed by atoms with Crippen LogP contribution in [0.5, 0.6) is 0 Å². The van der Waals surface area contributed by atoms with Gasteiger partial charge in [0.2, 0.25) is 0 Å². The molecule has 3 aliphatic rings. The monoisotopic (exact) mass is 414 g/mol. The fourth-order valence-electron chi connectivity index (χ4n) is 6.85. The van der Waals surface area contributed by atoms with Gasteiger partial charge in [-0.15, -0.1) is 6.58 Å². The molecule has 164 valence electrons. The lowest BCUT2D eigenvalue weighted by Gasteiger charge is -2.46. The summed E-state index contributed by atoms with van der Waals surface area (Å²) in [6, 6.07) is 14.1. The highest BCUT2D eigenvalue weighted by molar-refractivity contribution is 5.88. The fraction of sp³-hybridized carbons (Fsp3) is 0.517. The first-order valence-electron chi connectivity index (χ1n) is 11.9. The van der Waals surface area contributed by atoms with Crippen LogP contribution in [0.25, 0.3) is 0 Å². The maximum atomic E-state index is 4.10. The molecule has 2 aliphatic heterocycles. The normalized spacial score (nSPS) is 28.6. The van der Waals surface area contributed by atoms with Gasteiger partial charge in [0.1, 0.15) is 6.17 Å². The van der Waals surface area contributed by atoms with Gasteiger partial charge in [-0.3, -0.25) is 0 Å². The third-order valence-electron chi connectivity index (χ3n) is 10.0. The van der Waals surface area contributed by atoms with Gasteiger partial charge in [0.15, 0.2) is 0 Å². The lowest BCUT2D eigenvalue weighted by atomic mass is 9.59. The summed E-state index contributed by atoms with van der Waals surface area (Å²) in [6.07, 6.45) is 3.47. The van der Waals surface area contributed by atoms with E-state index in [4.69, 9.17) is 0 Å². The molecule has 2 aromatic carbocycles. The van der Waals surface area contributed by atoms with E-state index in [-0.39, 0.29) is 16.2 Å². The number of rotatable bonds is 2. The molecule has 3 atom stereocenters. The molecule has 0 amide bonds. The molecule has 1 aliphatic carbocycles. The largest absolute Gasteiger partial charge is 0.352 e. The van der Waals surface area contributed by atoms with Crippen LogP contribution in [0.4, 0.5) is 17.1 Å². The third kappa shape index (κ3) is 2.29. The number of allylic oxidation sites excluding steroid dienone is 1. The molecule has 2 heteroatoms. The van der Waals surface area contributed by atoms with Crippen molar-refractivity contribution < 1.29 is 0 Å². The van der Waals surface area contributed by atoms with E-state index in [9.17, 15) is 0 Å². The number of para-hydroxylation sites is 1. The summed E-state index contributed by atoms with van der Waals surface area (Å²) in [5.74, 6) is 1.02. The van der Waals surface area contributed by atoms with Gasteiger partial charge in [0, 0.05) is 18.7 Å². The topological polar surface area (TPSA) is 6.48 Å². The Bertz CT molecular complexity index is 1070. The number of hydrogen-bond acceptors (Lipinski definition) is 2. The first-order valence-corrected chi connectivity index (χ1v) is 11.9. The lowest BCUT2D eigenvalue weighted by molar-refractivity contribution is 0.125. The summed E-state index contributed by atoms with van der Waals surface area (Å²) in [7, 11) is 2.30. The van der Waals surface area contributed by atoms with Gasteiger partial charge < -0.3 is 9.80 Å². The van der Waals surface area contributed by atoms with Gasteiger partial charge in [-0.2, -0.15) is 0 Å². The van der Waals surface area contributed by atoms with Crippen LogP contribution in [0, 0.1) is 11.3 Å². The molecule has 0 spiro atoms. The molecule has 31 heavy (non-hydrogen) atoms. The zero-order chi connectivity index (χ0) is 22.5. The zero-order valence-electron chi connectivity index (χ0n) is 20.6. The number of nitrogens with zero attached hydrogens (tertiary/aromatic N) is 2. The average Bonchev–Trinajstić information content (AvgIpc) is 3.06. The Morgan fingerprint density at radius 1 is 0.903 bits per heavy atom. The van der Waals surface area contributed by atoms with Crippen LogP contribution in [-0.2, 0) is 10.8 Å². The quantitative estimate of drug-likeness (QED) is 0.469. The zero-order valence-corrected chi connectivity index (χ0v) is 20.6. The maximum absolute atomic E-state index is 4.10. The lowest BCUT2D eigenvalue weighted by Crippen LogP contribution is -2.49. The van der Waals surface area contributed by atoms with Crippen LogP contribution >= 0.6 is 0 Å². The van der Waals surface area contributed by atoms with E-state index in [2.05, 4.69) is 114 Å². The highest BCUT2D eigenvalue weighted by Crippen LogP contribution is 2.64. The van der Waals surface area contributed by atoms with Gasteiger partial charge in [0.25, 0.3) is 0 Å². The molecule has 3 unspecified atom stereocenters. The van der Waals surface area contributed by atoms with Crippen LogP contribution in [0.15, 0.2) is 49.1 Å². The predicted molar refractivity (Wildman–Crippen MR) is 134 cm³/mol. The molecule has 0 saturated carbocycles. The number of benzene rings is 2. The van der Waals surface area contributed by atoms with Crippen LogP contribution in [0.3, 0.4) is 0 Å². The molecular weight excluding hydrogens is 376 g/mol. The number of hydrogen-bond donors (Lipinski definition) is 0. The molecule has 0 radical (unpaired) electrons. The molecule has 2 aromatic rings. The van der Waals surface area contributed by atoms with E-state index in [1.165, 1.54) is 33.8 Å². The second kappa shape index (κ2) is 6.18. The summed E-state index contributed by atoms with van der Waals surface area (Å²) in [5.41, 5.74) is 9.05. The van der Waals surface area contributed by atoms with Crippen molar-refractivity contribution in [3.8, 4) is 0 Å². The van der Waals surface area contributed by atoms with Crippen molar-refractivity contribution in [1.82, 2.24) is 0 Å².